The van der Waals surface area contributed by atoms with Crippen LogP contribution in [0.2, 0.25) is 0 Å². The van der Waals surface area contributed by atoms with E-state index < -0.39 is 41.8 Å². The summed E-state index contributed by atoms with van der Waals surface area (Å²) in [6.45, 7) is 8.52. The summed E-state index contributed by atoms with van der Waals surface area (Å²) >= 11 is 0. The first-order valence-corrected chi connectivity index (χ1v) is 23.3. The lowest BCUT2D eigenvalue weighted by Gasteiger charge is -2.39. The van der Waals surface area contributed by atoms with Gasteiger partial charge in [0.15, 0.2) is 0 Å². The molecule has 1 saturated heterocycles. The minimum Gasteiger partial charge on any atom is -0.481 e. The summed E-state index contributed by atoms with van der Waals surface area (Å²) in [5.41, 5.74) is 8.70. The van der Waals surface area contributed by atoms with Gasteiger partial charge in [0.2, 0.25) is 29.5 Å². The highest BCUT2D eigenvalue weighted by atomic mass is 16.5. The highest BCUT2D eigenvalue weighted by Crippen LogP contribution is 2.22. The maximum absolute atomic E-state index is 13.9. The predicted molar refractivity (Wildman–Crippen MR) is 252 cm³/mol. The fourth-order valence-electron chi connectivity index (χ4n) is 7.91. The smallest absolute Gasteiger partial charge is 0.312 e. The number of nitrogens with two attached hydrogens (primary N) is 1. The van der Waals surface area contributed by atoms with Gasteiger partial charge in [0.1, 0.15) is 17.7 Å². The van der Waals surface area contributed by atoms with Crippen LogP contribution in [-0.2, 0) is 57.8 Å². The number of carbonyl (C=O) groups excluding carboxylic acids is 6. The van der Waals surface area contributed by atoms with Crippen LogP contribution in [0.15, 0.2) is 48.7 Å². The molecule has 67 heavy (non-hydrogen) atoms. The van der Waals surface area contributed by atoms with Crippen LogP contribution >= 0.6 is 0 Å². The molecule has 3 heterocycles. The summed E-state index contributed by atoms with van der Waals surface area (Å²) in [4.78, 5) is 98.2. The van der Waals surface area contributed by atoms with Crippen LogP contribution in [0.5, 0.6) is 0 Å². The molecular formula is C47H70N10O10. The van der Waals surface area contributed by atoms with Gasteiger partial charge < -0.3 is 61.3 Å². The highest BCUT2D eigenvalue weighted by molar-refractivity contribution is 5.98. The van der Waals surface area contributed by atoms with Gasteiger partial charge in [-0.3, -0.25) is 28.8 Å². The Bertz CT molecular complexity index is 2090. The van der Waals surface area contributed by atoms with E-state index in [1.165, 1.54) is 0 Å². The van der Waals surface area contributed by atoms with Gasteiger partial charge in [-0.1, -0.05) is 32.9 Å². The Hall–Kier alpha value is -6.12. The number of aliphatic carboxylic acids is 1. The minimum absolute atomic E-state index is 0.00454. The normalized spacial score (nSPS) is 13.8. The first kappa shape index (κ1) is 53.5. The Labute approximate surface area is 392 Å². The van der Waals surface area contributed by atoms with Gasteiger partial charge in [-0.05, 0) is 81.0 Å². The summed E-state index contributed by atoms with van der Waals surface area (Å²) in [6, 6.07) is 10.3. The van der Waals surface area contributed by atoms with Crippen molar-refractivity contribution >= 4 is 58.3 Å². The van der Waals surface area contributed by atoms with Crippen LogP contribution < -0.4 is 32.3 Å². The number of carbonyl (C=O) groups is 7. The molecule has 368 valence electrons. The summed E-state index contributed by atoms with van der Waals surface area (Å²) in [5, 5.41) is 23.9. The number of likely N-dealkylation sites (tertiary alicyclic amines) is 1. The van der Waals surface area contributed by atoms with E-state index in [1.54, 1.807) is 37.1 Å². The van der Waals surface area contributed by atoms with Gasteiger partial charge in [-0.15, -0.1) is 0 Å². The van der Waals surface area contributed by atoms with Crippen LogP contribution in [0.25, 0.3) is 11.0 Å². The number of carboxylic acid groups (broad SMARTS) is 1. The number of benzene rings is 1. The number of aryl methyl sites for hydroxylation is 2. The molecule has 0 saturated carbocycles. The number of anilines is 1. The quantitative estimate of drug-likeness (QED) is 0.0496. The van der Waals surface area contributed by atoms with Crippen LogP contribution in [0.1, 0.15) is 83.4 Å². The van der Waals surface area contributed by atoms with Crippen LogP contribution in [0.3, 0.4) is 0 Å². The summed E-state index contributed by atoms with van der Waals surface area (Å²) in [6.07, 6.45) is 3.90. The molecule has 0 unspecified atom stereocenters. The third kappa shape index (κ3) is 17.9. The zero-order valence-electron chi connectivity index (χ0n) is 39.4. The van der Waals surface area contributed by atoms with Crippen LogP contribution in [0, 0.1) is 5.92 Å². The largest absolute Gasteiger partial charge is 0.481 e. The topological polar surface area (TPSA) is 269 Å². The number of ether oxygens (including phenoxy) is 2. The zero-order valence-corrected chi connectivity index (χ0v) is 39.4. The lowest BCUT2D eigenvalue weighted by molar-refractivity contribution is -0.139. The van der Waals surface area contributed by atoms with Gasteiger partial charge in [-0.2, -0.15) is 0 Å². The lowest BCUT2D eigenvalue weighted by atomic mass is 10.0. The Kier molecular flexibility index (Phi) is 22.5. The zero-order chi connectivity index (χ0) is 48.7. The van der Waals surface area contributed by atoms with E-state index in [0.717, 1.165) is 28.7 Å². The van der Waals surface area contributed by atoms with Crippen molar-refractivity contribution in [1.82, 2.24) is 40.6 Å². The molecule has 20 nitrogen and oxygen atoms in total. The van der Waals surface area contributed by atoms with E-state index in [0.29, 0.717) is 51.1 Å². The van der Waals surface area contributed by atoms with Gasteiger partial charge in [-0.25, -0.2) is 9.78 Å². The van der Waals surface area contributed by atoms with Crippen molar-refractivity contribution in [2.75, 3.05) is 65.0 Å². The Morgan fingerprint density at radius 2 is 1.63 bits per heavy atom. The van der Waals surface area contributed by atoms with Gasteiger partial charge >= 0.3 is 12.0 Å². The summed E-state index contributed by atoms with van der Waals surface area (Å²) in [7, 11) is 1.87. The van der Waals surface area contributed by atoms with Crippen molar-refractivity contribution in [3.8, 4) is 0 Å². The molecule has 20 heteroatoms. The molecule has 2 aromatic heterocycles. The average Bonchev–Trinajstić information content (AvgIpc) is 3.66. The monoisotopic (exact) mass is 935 g/mol. The number of hydrogen-bond acceptors (Lipinski definition) is 11. The average molecular weight is 935 g/mol. The third-order valence-electron chi connectivity index (χ3n) is 11.6. The molecule has 2 atom stereocenters. The van der Waals surface area contributed by atoms with E-state index in [2.05, 4.69) is 42.2 Å². The molecule has 7 amide bonds. The molecule has 4 rings (SSSR count). The molecule has 0 radical (unpaired) electrons. The van der Waals surface area contributed by atoms with E-state index in [-0.39, 0.29) is 95.4 Å². The van der Waals surface area contributed by atoms with Crippen LogP contribution in [0.4, 0.5) is 10.5 Å². The third-order valence-corrected chi connectivity index (χ3v) is 11.6. The van der Waals surface area contributed by atoms with E-state index in [9.17, 15) is 33.6 Å². The highest BCUT2D eigenvalue weighted by Gasteiger charge is 2.32. The SMILES string of the molecule is CCc1ccc(NC(=O)[C@H](CCCNC(N)=O)NC(=O)[C@@H](NC(=O)CCC(=O)N(CCOCCOCCC(=O)O)C2CCN(C(=O)CCn3c(CNC)cc4cccnc43)CC2)C(C)C)cc1. The molecule has 1 aliphatic heterocycles. The van der Waals surface area contributed by atoms with Gasteiger partial charge in [0.25, 0.3) is 0 Å². The second-order valence-electron chi connectivity index (χ2n) is 16.9. The number of carboxylic acids is 1. The molecule has 1 aromatic carbocycles. The fraction of sp³-hybridized carbons (Fsp3) is 0.574. The minimum atomic E-state index is -1.03. The summed E-state index contributed by atoms with van der Waals surface area (Å²) < 4.78 is 13.1. The molecular weight excluding hydrogens is 865 g/mol. The van der Waals surface area contributed by atoms with E-state index in [4.69, 9.17) is 20.3 Å². The van der Waals surface area contributed by atoms with Crippen molar-refractivity contribution < 1.29 is 48.1 Å². The Morgan fingerprint density at radius 3 is 2.28 bits per heavy atom. The van der Waals surface area contributed by atoms with Crippen LogP contribution in [-0.4, -0.2) is 144 Å². The summed E-state index contributed by atoms with van der Waals surface area (Å²) in [5.74, 6) is -3.20. The van der Waals surface area contributed by atoms with Crippen molar-refractivity contribution in [3.05, 3.63) is 59.9 Å². The Balaban J connectivity index is 1.35. The number of nitrogens with zero attached hydrogens (tertiary/aromatic N) is 4. The number of piperidine rings is 1. The maximum Gasteiger partial charge on any atom is 0.312 e. The first-order chi connectivity index (χ1) is 32.2. The van der Waals surface area contributed by atoms with Crippen molar-refractivity contribution in [2.45, 2.75) is 110 Å². The number of pyridine rings is 1. The molecule has 8 N–H and O–H groups in total. The maximum atomic E-state index is 13.9. The van der Waals surface area contributed by atoms with Gasteiger partial charge in [0, 0.05) is 87.5 Å². The lowest BCUT2D eigenvalue weighted by Crippen LogP contribution is -2.54. The Morgan fingerprint density at radius 1 is 0.910 bits per heavy atom. The van der Waals surface area contributed by atoms with Gasteiger partial charge in [0.05, 0.1) is 32.8 Å². The number of amides is 7. The van der Waals surface area contributed by atoms with Crippen molar-refractivity contribution in [2.24, 2.45) is 11.7 Å². The number of hydrogen-bond donors (Lipinski definition) is 7. The second kappa shape index (κ2) is 28.1. The van der Waals surface area contributed by atoms with Crippen molar-refractivity contribution in [1.29, 1.82) is 0 Å². The number of nitrogens with one attached hydrogen (secondary N) is 5. The molecule has 0 bridgehead atoms. The number of fused-ring (bicyclic) bond motifs is 1. The number of aromatic nitrogens is 2. The molecule has 0 aliphatic carbocycles. The second-order valence-corrected chi connectivity index (χ2v) is 16.9. The fourth-order valence-corrected chi connectivity index (χ4v) is 7.91. The predicted octanol–water partition coefficient (Wildman–Crippen LogP) is 2.53. The molecule has 3 aromatic rings. The first-order valence-electron chi connectivity index (χ1n) is 23.3. The standard InChI is InChI=1S/C47H70N10O10/c1-5-33-10-12-35(13-11-33)52-45(63)38(9-7-21-51-47(48)65)53-46(64)43(32(2)3)54-39(58)14-15-41(60)56(25-27-67-29-28-66-26-19-42(61)62)36-16-22-55(23-17-36)40(59)18-24-57-37(31-49-4)30-34-8-6-20-50-44(34)57/h6,8,10-13,20,30,32,36,38,43,49H,5,7,9,14-19,21-29,31H2,1-4H3,(H,52,63)(H,53,64)(H,54,58)(H,61,62)(H3,48,51,65)/t38-,43-/m0/s1. The van der Waals surface area contributed by atoms with E-state index in [1.807, 2.05) is 43.1 Å². The number of primary amides is 1. The van der Waals surface area contributed by atoms with Crippen molar-refractivity contribution in [3.63, 3.8) is 0 Å². The van der Waals surface area contributed by atoms with E-state index >= 15 is 0 Å². The molecule has 1 fully saturated rings. The molecule has 0 spiro atoms. The number of rotatable bonds is 29. The molecule has 1 aliphatic rings. The number of urea groups is 1.